The maximum atomic E-state index is 5.98. The van der Waals surface area contributed by atoms with Crippen LogP contribution in [-0.4, -0.2) is 13.7 Å². The van der Waals surface area contributed by atoms with E-state index >= 15 is 0 Å². The lowest BCUT2D eigenvalue weighted by Gasteiger charge is -2.27. The molecular formula is C16H25NO. The zero-order valence-electron chi connectivity index (χ0n) is 11.8. The first kappa shape index (κ1) is 13.4. The van der Waals surface area contributed by atoms with Crippen molar-refractivity contribution in [3.05, 3.63) is 29.3 Å². The topological polar surface area (TPSA) is 21.3 Å². The van der Waals surface area contributed by atoms with Gasteiger partial charge in [0.25, 0.3) is 0 Å². The van der Waals surface area contributed by atoms with Gasteiger partial charge in [0.15, 0.2) is 0 Å². The highest BCUT2D eigenvalue weighted by Gasteiger charge is 2.21. The molecule has 100 valence electrons. The Morgan fingerprint density at radius 3 is 2.94 bits per heavy atom. The molecule has 0 aliphatic heterocycles. The fourth-order valence-electron chi connectivity index (χ4n) is 2.65. The van der Waals surface area contributed by atoms with Gasteiger partial charge in [-0.15, -0.1) is 0 Å². The highest BCUT2D eigenvalue weighted by Crippen LogP contribution is 2.35. The molecule has 0 fully saturated rings. The summed E-state index contributed by atoms with van der Waals surface area (Å²) in [4.78, 5) is 0. The lowest BCUT2D eigenvalue weighted by molar-refractivity contribution is 0.284. The summed E-state index contributed by atoms with van der Waals surface area (Å²) < 4.78 is 5.98. The first-order valence-electron chi connectivity index (χ1n) is 7.14. The standard InChI is InChI=1S/C16H25NO/c1-12(2)10-11-18-16-9-5-6-13-14(16)7-4-8-15(13)17-3/h5-6,9,12,15,17H,4,7-8,10-11H2,1-3H3. The van der Waals surface area contributed by atoms with Gasteiger partial charge in [0.1, 0.15) is 5.75 Å². The number of benzene rings is 1. The molecule has 0 aromatic heterocycles. The van der Waals surface area contributed by atoms with E-state index in [1.807, 2.05) is 7.05 Å². The van der Waals surface area contributed by atoms with Crippen LogP contribution in [0.5, 0.6) is 5.75 Å². The van der Waals surface area contributed by atoms with Crippen molar-refractivity contribution in [3.8, 4) is 5.75 Å². The van der Waals surface area contributed by atoms with Crippen molar-refractivity contribution in [1.29, 1.82) is 0 Å². The summed E-state index contributed by atoms with van der Waals surface area (Å²) in [7, 11) is 2.05. The van der Waals surface area contributed by atoms with E-state index in [1.165, 1.54) is 24.0 Å². The summed E-state index contributed by atoms with van der Waals surface area (Å²) in [5, 5.41) is 3.41. The maximum absolute atomic E-state index is 5.98. The zero-order chi connectivity index (χ0) is 13.0. The molecule has 0 saturated heterocycles. The molecule has 0 spiro atoms. The molecule has 1 aliphatic rings. The number of fused-ring (bicyclic) bond motifs is 1. The van der Waals surface area contributed by atoms with Crippen LogP contribution in [0.1, 0.15) is 50.3 Å². The molecule has 2 rings (SSSR count). The Hall–Kier alpha value is -1.02. The van der Waals surface area contributed by atoms with Crippen molar-refractivity contribution in [3.63, 3.8) is 0 Å². The van der Waals surface area contributed by atoms with Crippen LogP contribution < -0.4 is 10.1 Å². The largest absolute Gasteiger partial charge is 0.493 e. The molecule has 0 amide bonds. The number of ether oxygens (including phenoxy) is 1. The van der Waals surface area contributed by atoms with Crippen LogP contribution in [-0.2, 0) is 6.42 Å². The van der Waals surface area contributed by atoms with Crippen LogP contribution in [0.3, 0.4) is 0 Å². The quantitative estimate of drug-likeness (QED) is 0.856. The van der Waals surface area contributed by atoms with Gasteiger partial charge in [-0.05, 0) is 55.8 Å². The van der Waals surface area contributed by atoms with E-state index in [2.05, 4.69) is 37.4 Å². The van der Waals surface area contributed by atoms with Crippen molar-refractivity contribution in [1.82, 2.24) is 5.32 Å². The fraction of sp³-hybridized carbons (Fsp3) is 0.625. The van der Waals surface area contributed by atoms with Gasteiger partial charge in [-0.25, -0.2) is 0 Å². The van der Waals surface area contributed by atoms with Gasteiger partial charge < -0.3 is 10.1 Å². The van der Waals surface area contributed by atoms with Crippen LogP contribution in [0.15, 0.2) is 18.2 Å². The molecular weight excluding hydrogens is 222 g/mol. The predicted octanol–water partition coefficient (Wildman–Crippen LogP) is 3.71. The van der Waals surface area contributed by atoms with Crippen LogP contribution in [0.25, 0.3) is 0 Å². The summed E-state index contributed by atoms with van der Waals surface area (Å²) in [6.07, 6.45) is 4.77. The summed E-state index contributed by atoms with van der Waals surface area (Å²) in [6, 6.07) is 6.99. The first-order valence-corrected chi connectivity index (χ1v) is 7.14. The fourth-order valence-corrected chi connectivity index (χ4v) is 2.65. The van der Waals surface area contributed by atoms with Crippen molar-refractivity contribution < 1.29 is 4.74 Å². The van der Waals surface area contributed by atoms with E-state index in [0.717, 1.165) is 25.2 Å². The van der Waals surface area contributed by atoms with Gasteiger partial charge in [-0.1, -0.05) is 26.0 Å². The Kier molecular flexibility index (Phi) is 4.65. The third-order valence-corrected chi connectivity index (χ3v) is 3.77. The van der Waals surface area contributed by atoms with Crippen LogP contribution >= 0.6 is 0 Å². The number of hydrogen-bond acceptors (Lipinski definition) is 2. The van der Waals surface area contributed by atoms with Crippen molar-refractivity contribution in [2.75, 3.05) is 13.7 Å². The van der Waals surface area contributed by atoms with E-state index in [1.54, 1.807) is 0 Å². The Balaban J connectivity index is 2.11. The molecule has 18 heavy (non-hydrogen) atoms. The van der Waals surface area contributed by atoms with Gasteiger partial charge in [-0.3, -0.25) is 0 Å². The minimum Gasteiger partial charge on any atom is -0.493 e. The lowest BCUT2D eigenvalue weighted by atomic mass is 9.87. The minimum absolute atomic E-state index is 0.502. The van der Waals surface area contributed by atoms with Crippen LogP contribution in [0.2, 0.25) is 0 Å². The number of nitrogens with one attached hydrogen (secondary N) is 1. The van der Waals surface area contributed by atoms with Crippen LogP contribution in [0, 0.1) is 5.92 Å². The molecule has 2 nitrogen and oxygen atoms in total. The number of rotatable bonds is 5. The van der Waals surface area contributed by atoms with E-state index in [0.29, 0.717) is 12.0 Å². The van der Waals surface area contributed by atoms with Crippen molar-refractivity contribution in [2.45, 2.75) is 45.6 Å². The SMILES string of the molecule is CNC1CCCc2c(OCCC(C)C)cccc21. The molecule has 1 atom stereocenters. The Morgan fingerprint density at radius 2 is 2.22 bits per heavy atom. The van der Waals surface area contributed by atoms with Crippen molar-refractivity contribution in [2.24, 2.45) is 5.92 Å². The third-order valence-electron chi connectivity index (χ3n) is 3.77. The first-order chi connectivity index (χ1) is 8.72. The molecule has 0 radical (unpaired) electrons. The monoisotopic (exact) mass is 247 g/mol. The molecule has 0 heterocycles. The summed E-state index contributed by atoms with van der Waals surface area (Å²) in [5.74, 6) is 1.81. The molecule has 1 aromatic carbocycles. The summed E-state index contributed by atoms with van der Waals surface area (Å²) in [6.45, 7) is 5.31. The second-order valence-electron chi connectivity index (χ2n) is 5.59. The Bertz CT molecular complexity index is 387. The van der Waals surface area contributed by atoms with Gasteiger partial charge >= 0.3 is 0 Å². The summed E-state index contributed by atoms with van der Waals surface area (Å²) in [5.41, 5.74) is 2.86. The maximum Gasteiger partial charge on any atom is 0.122 e. The summed E-state index contributed by atoms with van der Waals surface area (Å²) >= 11 is 0. The van der Waals surface area contributed by atoms with E-state index in [-0.39, 0.29) is 0 Å². The molecule has 2 heteroatoms. The lowest BCUT2D eigenvalue weighted by Crippen LogP contribution is -2.22. The Morgan fingerprint density at radius 1 is 1.39 bits per heavy atom. The van der Waals surface area contributed by atoms with Crippen LogP contribution in [0.4, 0.5) is 0 Å². The zero-order valence-corrected chi connectivity index (χ0v) is 11.8. The van der Waals surface area contributed by atoms with Gasteiger partial charge in [0, 0.05) is 6.04 Å². The van der Waals surface area contributed by atoms with Gasteiger partial charge in [0.05, 0.1) is 6.61 Å². The predicted molar refractivity (Wildman–Crippen MR) is 76.1 cm³/mol. The number of hydrogen-bond donors (Lipinski definition) is 1. The highest BCUT2D eigenvalue weighted by molar-refractivity contribution is 5.43. The average molecular weight is 247 g/mol. The second-order valence-corrected chi connectivity index (χ2v) is 5.59. The van der Waals surface area contributed by atoms with Gasteiger partial charge in [0.2, 0.25) is 0 Å². The molecule has 1 aliphatic carbocycles. The smallest absolute Gasteiger partial charge is 0.122 e. The highest BCUT2D eigenvalue weighted by atomic mass is 16.5. The van der Waals surface area contributed by atoms with E-state index in [4.69, 9.17) is 4.74 Å². The van der Waals surface area contributed by atoms with E-state index in [9.17, 15) is 0 Å². The molecule has 1 unspecified atom stereocenters. The molecule has 1 N–H and O–H groups in total. The van der Waals surface area contributed by atoms with Crippen molar-refractivity contribution >= 4 is 0 Å². The third kappa shape index (κ3) is 3.05. The Labute approximate surface area is 111 Å². The van der Waals surface area contributed by atoms with Gasteiger partial charge in [-0.2, -0.15) is 0 Å². The normalized spacial score (nSPS) is 18.8. The molecule has 1 aromatic rings. The molecule has 0 bridgehead atoms. The average Bonchev–Trinajstić information content (AvgIpc) is 2.38. The molecule has 0 saturated carbocycles. The van der Waals surface area contributed by atoms with E-state index < -0.39 is 0 Å². The minimum atomic E-state index is 0.502. The second kappa shape index (κ2) is 6.24.